The van der Waals surface area contributed by atoms with Gasteiger partial charge in [-0.3, -0.25) is 4.79 Å². The molecule has 1 N–H and O–H groups in total. The molecule has 1 unspecified atom stereocenters. The number of hydrogen-bond acceptors (Lipinski definition) is 1. The second kappa shape index (κ2) is 6.65. The van der Waals surface area contributed by atoms with Crippen molar-refractivity contribution in [2.75, 3.05) is 12.4 Å². The van der Waals surface area contributed by atoms with Crippen LogP contribution in [0.5, 0.6) is 0 Å². The third-order valence-electron chi connectivity index (χ3n) is 2.77. The maximum absolute atomic E-state index is 11.7. The molecule has 0 spiro atoms. The molecule has 0 heterocycles. The Labute approximate surface area is 108 Å². The van der Waals surface area contributed by atoms with E-state index >= 15 is 0 Å². The zero-order valence-electron chi connectivity index (χ0n) is 10.7. The van der Waals surface area contributed by atoms with Crippen LogP contribution in [0.15, 0.2) is 18.2 Å². The topological polar surface area (TPSA) is 29.1 Å². The number of carbonyl (C=O) groups is 1. The van der Waals surface area contributed by atoms with Crippen LogP contribution in [0.3, 0.4) is 0 Å². The highest BCUT2D eigenvalue weighted by molar-refractivity contribution is 6.18. The molecule has 0 saturated carbocycles. The van der Waals surface area contributed by atoms with Gasteiger partial charge in [-0.15, -0.1) is 11.6 Å². The number of halogens is 1. The van der Waals surface area contributed by atoms with Crippen LogP contribution in [0.25, 0.3) is 0 Å². The predicted molar refractivity (Wildman–Crippen MR) is 72.5 cm³/mol. The van der Waals surface area contributed by atoms with E-state index < -0.39 is 0 Å². The zero-order valence-corrected chi connectivity index (χ0v) is 11.5. The van der Waals surface area contributed by atoms with E-state index in [1.807, 2.05) is 20.8 Å². The standard InChI is InChI=1S/C14H20ClNO/c1-10-4-5-12(3)13(6-10)7-14(17)16-9-11(2)8-15/h4-6,11H,7-9H2,1-3H3,(H,16,17). The van der Waals surface area contributed by atoms with Gasteiger partial charge < -0.3 is 5.32 Å². The minimum absolute atomic E-state index is 0.0654. The summed E-state index contributed by atoms with van der Waals surface area (Å²) in [5.74, 6) is 0.957. The lowest BCUT2D eigenvalue weighted by Crippen LogP contribution is -2.30. The van der Waals surface area contributed by atoms with Gasteiger partial charge in [-0.25, -0.2) is 0 Å². The second-order valence-electron chi connectivity index (χ2n) is 4.67. The normalized spacial score (nSPS) is 12.2. The van der Waals surface area contributed by atoms with Crippen LogP contribution in [0, 0.1) is 19.8 Å². The molecule has 2 nitrogen and oxygen atoms in total. The minimum Gasteiger partial charge on any atom is -0.356 e. The van der Waals surface area contributed by atoms with Gasteiger partial charge in [-0.1, -0.05) is 30.7 Å². The Bertz CT molecular complexity index is 390. The van der Waals surface area contributed by atoms with Crippen molar-refractivity contribution < 1.29 is 4.79 Å². The molecule has 1 atom stereocenters. The molecule has 0 fully saturated rings. The van der Waals surface area contributed by atoms with Gasteiger partial charge in [-0.05, 0) is 30.9 Å². The fraction of sp³-hybridized carbons (Fsp3) is 0.500. The molecule has 0 aliphatic heterocycles. The number of alkyl halides is 1. The first-order valence-electron chi connectivity index (χ1n) is 5.91. The summed E-state index contributed by atoms with van der Waals surface area (Å²) in [7, 11) is 0. The number of benzene rings is 1. The van der Waals surface area contributed by atoms with Crippen LogP contribution >= 0.6 is 11.6 Å². The molecule has 0 bridgehead atoms. The van der Waals surface area contributed by atoms with Crippen LogP contribution < -0.4 is 5.32 Å². The minimum atomic E-state index is 0.0654. The molecule has 1 aromatic rings. The Kier molecular flexibility index (Phi) is 5.49. The molecule has 0 saturated heterocycles. The van der Waals surface area contributed by atoms with Gasteiger partial charge in [-0.2, -0.15) is 0 Å². The Balaban J connectivity index is 2.53. The lowest BCUT2D eigenvalue weighted by Gasteiger charge is -2.11. The Morgan fingerprint density at radius 1 is 1.41 bits per heavy atom. The average Bonchev–Trinajstić information content (AvgIpc) is 2.30. The smallest absolute Gasteiger partial charge is 0.224 e. The summed E-state index contributed by atoms with van der Waals surface area (Å²) in [5.41, 5.74) is 3.45. The molecule has 0 aliphatic carbocycles. The number of carbonyl (C=O) groups excluding carboxylic acids is 1. The van der Waals surface area contributed by atoms with E-state index in [2.05, 4.69) is 23.5 Å². The largest absolute Gasteiger partial charge is 0.356 e. The van der Waals surface area contributed by atoms with Crippen molar-refractivity contribution >= 4 is 17.5 Å². The summed E-state index contributed by atoms with van der Waals surface area (Å²) < 4.78 is 0. The summed E-state index contributed by atoms with van der Waals surface area (Å²) in [5, 5.41) is 2.91. The molecular formula is C14H20ClNO. The van der Waals surface area contributed by atoms with Gasteiger partial charge in [0.05, 0.1) is 6.42 Å². The predicted octanol–water partition coefficient (Wildman–Crippen LogP) is 2.84. The SMILES string of the molecule is Cc1ccc(C)c(CC(=O)NCC(C)CCl)c1. The van der Waals surface area contributed by atoms with Crippen molar-refractivity contribution in [2.24, 2.45) is 5.92 Å². The second-order valence-corrected chi connectivity index (χ2v) is 4.98. The van der Waals surface area contributed by atoms with E-state index in [1.54, 1.807) is 0 Å². The third-order valence-corrected chi connectivity index (χ3v) is 3.29. The summed E-state index contributed by atoms with van der Waals surface area (Å²) in [6.45, 7) is 6.73. The van der Waals surface area contributed by atoms with E-state index in [0.717, 1.165) is 11.1 Å². The number of aryl methyl sites for hydroxylation is 2. The lowest BCUT2D eigenvalue weighted by molar-refractivity contribution is -0.120. The first kappa shape index (κ1) is 14.0. The first-order chi connectivity index (χ1) is 8.02. The van der Waals surface area contributed by atoms with Gasteiger partial charge in [0.2, 0.25) is 5.91 Å². The van der Waals surface area contributed by atoms with E-state index in [4.69, 9.17) is 11.6 Å². The van der Waals surface area contributed by atoms with Crippen molar-refractivity contribution in [3.05, 3.63) is 34.9 Å². The maximum Gasteiger partial charge on any atom is 0.224 e. The fourth-order valence-corrected chi connectivity index (χ4v) is 1.68. The van der Waals surface area contributed by atoms with Crippen LogP contribution in [0.4, 0.5) is 0 Å². The molecular weight excluding hydrogens is 234 g/mol. The molecule has 17 heavy (non-hydrogen) atoms. The molecule has 3 heteroatoms. The molecule has 0 aromatic heterocycles. The Morgan fingerprint density at radius 2 is 2.12 bits per heavy atom. The molecule has 0 radical (unpaired) electrons. The Hall–Kier alpha value is -1.02. The summed E-state index contributed by atoms with van der Waals surface area (Å²) in [4.78, 5) is 11.7. The van der Waals surface area contributed by atoms with Crippen molar-refractivity contribution in [1.29, 1.82) is 0 Å². The van der Waals surface area contributed by atoms with Crippen LogP contribution in [-0.4, -0.2) is 18.3 Å². The van der Waals surface area contributed by atoms with Crippen molar-refractivity contribution in [1.82, 2.24) is 5.32 Å². The number of nitrogens with one attached hydrogen (secondary N) is 1. The molecule has 1 rings (SSSR count). The monoisotopic (exact) mass is 253 g/mol. The van der Waals surface area contributed by atoms with Crippen molar-refractivity contribution in [3.63, 3.8) is 0 Å². The highest BCUT2D eigenvalue weighted by Crippen LogP contribution is 2.11. The van der Waals surface area contributed by atoms with Crippen molar-refractivity contribution in [2.45, 2.75) is 27.2 Å². The average molecular weight is 254 g/mol. The van der Waals surface area contributed by atoms with Gasteiger partial charge in [0.1, 0.15) is 0 Å². The lowest BCUT2D eigenvalue weighted by atomic mass is 10.0. The van der Waals surface area contributed by atoms with Gasteiger partial charge in [0.25, 0.3) is 0 Å². The Morgan fingerprint density at radius 3 is 2.76 bits per heavy atom. The maximum atomic E-state index is 11.7. The van der Waals surface area contributed by atoms with Crippen LogP contribution in [0.1, 0.15) is 23.6 Å². The van der Waals surface area contributed by atoms with E-state index in [-0.39, 0.29) is 5.91 Å². The molecule has 0 aliphatic rings. The van der Waals surface area contributed by atoms with Gasteiger partial charge in [0, 0.05) is 12.4 Å². The van der Waals surface area contributed by atoms with E-state index in [1.165, 1.54) is 5.56 Å². The first-order valence-corrected chi connectivity index (χ1v) is 6.45. The van der Waals surface area contributed by atoms with Gasteiger partial charge >= 0.3 is 0 Å². The highest BCUT2D eigenvalue weighted by Gasteiger charge is 2.07. The molecule has 1 amide bonds. The van der Waals surface area contributed by atoms with E-state index in [9.17, 15) is 4.79 Å². The number of hydrogen-bond donors (Lipinski definition) is 1. The molecule has 1 aromatic carbocycles. The van der Waals surface area contributed by atoms with Crippen LogP contribution in [0.2, 0.25) is 0 Å². The number of rotatable bonds is 5. The fourth-order valence-electron chi connectivity index (χ4n) is 1.57. The zero-order chi connectivity index (χ0) is 12.8. The van der Waals surface area contributed by atoms with Crippen molar-refractivity contribution in [3.8, 4) is 0 Å². The summed E-state index contributed by atoms with van der Waals surface area (Å²) >= 11 is 5.69. The summed E-state index contributed by atoms with van der Waals surface area (Å²) in [6, 6.07) is 6.19. The molecule has 94 valence electrons. The van der Waals surface area contributed by atoms with Crippen LogP contribution in [-0.2, 0) is 11.2 Å². The highest BCUT2D eigenvalue weighted by atomic mass is 35.5. The third kappa shape index (κ3) is 4.78. The van der Waals surface area contributed by atoms with E-state index in [0.29, 0.717) is 24.8 Å². The summed E-state index contributed by atoms with van der Waals surface area (Å²) in [6.07, 6.45) is 0.447. The van der Waals surface area contributed by atoms with Gasteiger partial charge in [0.15, 0.2) is 0 Å². The number of amides is 1. The quantitative estimate of drug-likeness (QED) is 0.804.